The van der Waals surface area contributed by atoms with Gasteiger partial charge in [0.1, 0.15) is 12.4 Å². The summed E-state index contributed by atoms with van der Waals surface area (Å²) >= 11 is 0. The number of halogens is 3. The van der Waals surface area contributed by atoms with Gasteiger partial charge in [-0.1, -0.05) is 54.6 Å². The van der Waals surface area contributed by atoms with Crippen molar-refractivity contribution in [2.75, 3.05) is 5.32 Å². The van der Waals surface area contributed by atoms with Gasteiger partial charge in [0.05, 0.1) is 5.56 Å². The summed E-state index contributed by atoms with van der Waals surface area (Å²) in [6.07, 6.45) is -4.34. The lowest BCUT2D eigenvalue weighted by Crippen LogP contribution is -2.12. The van der Waals surface area contributed by atoms with Crippen molar-refractivity contribution in [2.24, 2.45) is 0 Å². The van der Waals surface area contributed by atoms with Gasteiger partial charge in [-0.3, -0.25) is 4.79 Å². The number of carbonyl (C=O) groups is 1. The van der Waals surface area contributed by atoms with Crippen LogP contribution >= 0.6 is 0 Å². The molecule has 0 aliphatic heterocycles. The molecule has 4 aromatic rings. The van der Waals surface area contributed by atoms with E-state index in [1.807, 2.05) is 42.5 Å². The summed E-state index contributed by atoms with van der Waals surface area (Å²) in [7, 11) is 0. The Morgan fingerprint density at radius 1 is 0.722 bits per heavy atom. The molecule has 4 rings (SSSR count). The highest BCUT2D eigenvalue weighted by Crippen LogP contribution is 2.29. The second-order valence-corrected chi connectivity index (χ2v) is 8.18. The molecule has 0 bridgehead atoms. The van der Waals surface area contributed by atoms with E-state index in [1.54, 1.807) is 36.4 Å². The van der Waals surface area contributed by atoms with Crippen LogP contribution in [0.2, 0.25) is 0 Å². The van der Waals surface area contributed by atoms with Crippen LogP contribution in [0.4, 0.5) is 18.9 Å². The van der Waals surface area contributed by atoms with Crippen LogP contribution in [0.1, 0.15) is 32.6 Å². The Hall–Kier alpha value is -4.10. The van der Waals surface area contributed by atoms with Gasteiger partial charge in [0.15, 0.2) is 0 Å². The molecule has 0 aliphatic carbocycles. The van der Waals surface area contributed by atoms with Gasteiger partial charge in [-0.05, 0) is 65.2 Å². The molecule has 36 heavy (non-hydrogen) atoms. The number of nitrogens with zero attached hydrogens (tertiary/aromatic N) is 1. The van der Waals surface area contributed by atoms with Crippen molar-refractivity contribution in [2.45, 2.75) is 25.9 Å². The molecule has 1 amide bonds. The van der Waals surface area contributed by atoms with E-state index in [0.717, 1.165) is 23.3 Å². The summed E-state index contributed by atoms with van der Waals surface area (Å²) in [5.74, 6) is 0.448. The molecule has 0 aromatic heterocycles. The third-order valence-electron chi connectivity index (χ3n) is 5.45. The number of hydrogen-bond acceptors (Lipinski definition) is 2. The largest absolute Gasteiger partial charge is 0.489 e. The lowest BCUT2D eigenvalue weighted by molar-refractivity contribution is -0.137. The molecule has 0 spiro atoms. The van der Waals surface area contributed by atoms with Crippen molar-refractivity contribution in [3.8, 4) is 5.75 Å². The molecule has 4 aromatic carbocycles. The molecule has 0 heterocycles. The summed E-state index contributed by atoms with van der Waals surface area (Å²) in [5, 5.41) is 7.26. The van der Waals surface area contributed by atoms with E-state index < -0.39 is 11.7 Å². The highest BCUT2D eigenvalue weighted by molar-refractivity contribution is 6.04. The predicted molar refractivity (Wildman–Crippen MR) is 133 cm³/mol. The van der Waals surface area contributed by atoms with Crippen LogP contribution in [-0.4, -0.2) is 5.91 Å². The predicted octanol–water partition coefficient (Wildman–Crippen LogP) is 6.84. The topological polar surface area (TPSA) is 52.4 Å². The van der Waals surface area contributed by atoms with E-state index in [4.69, 9.17) is 4.74 Å². The van der Waals surface area contributed by atoms with Crippen molar-refractivity contribution < 1.29 is 22.7 Å². The van der Waals surface area contributed by atoms with Crippen LogP contribution in [0.3, 0.4) is 0 Å². The smallest absolute Gasteiger partial charge is 0.416 e. The van der Waals surface area contributed by atoms with Crippen LogP contribution in [-0.2, 0) is 25.9 Å². The Labute approximate surface area is 207 Å². The third-order valence-corrected chi connectivity index (χ3v) is 5.45. The molecular formula is C29H24F3N2O2. The first-order valence-electron chi connectivity index (χ1n) is 11.3. The zero-order valence-corrected chi connectivity index (χ0v) is 19.3. The van der Waals surface area contributed by atoms with Gasteiger partial charge in [0.25, 0.3) is 5.91 Å². The molecule has 4 nitrogen and oxygen atoms in total. The quantitative estimate of drug-likeness (QED) is 0.280. The molecule has 1 N–H and O–H groups in total. The van der Waals surface area contributed by atoms with Crippen LogP contribution in [0, 0.1) is 0 Å². The summed E-state index contributed by atoms with van der Waals surface area (Å²) in [6.45, 7) is 1.19. The Morgan fingerprint density at radius 3 is 1.89 bits per heavy atom. The van der Waals surface area contributed by atoms with Gasteiger partial charge in [-0.2, -0.15) is 13.2 Å². The summed E-state index contributed by atoms with van der Waals surface area (Å²) in [6, 6.07) is 29.1. The monoisotopic (exact) mass is 489 g/mol. The zero-order valence-electron chi connectivity index (χ0n) is 19.3. The fourth-order valence-electron chi connectivity index (χ4n) is 3.45. The van der Waals surface area contributed by atoms with Gasteiger partial charge >= 0.3 is 6.18 Å². The number of carbonyl (C=O) groups excluding carboxylic acids is 1. The Balaban J connectivity index is 1.23. The highest BCUT2D eigenvalue weighted by atomic mass is 19.4. The average Bonchev–Trinajstić information content (AvgIpc) is 2.89. The maximum Gasteiger partial charge on any atom is 0.416 e. The van der Waals surface area contributed by atoms with Crippen LogP contribution in [0.15, 0.2) is 103 Å². The second kappa shape index (κ2) is 11.6. The zero-order chi connectivity index (χ0) is 25.4. The second-order valence-electron chi connectivity index (χ2n) is 8.18. The molecule has 0 unspecified atom stereocenters. The van der Waals surface area contributed by atoms with E-state index >= 15 is 0 Å². The molecule has 0 aliphatic rings. The van der Waals surface area contributed by atoms with E-state index in [9.17, 15) is 18.0 Å². The van der Waals surface area contributed by atoms with Crippen molar-refractivity contribution >= 4 is 11.6 Å². The van der Waals surface area contributed by atoms with Gasteiger partial charge in [0, 0.05) is 24.3 Å². The first kappa shape index (κ1) is 25.0. The van der Waals surface area contributed by atoms with Gasteiger partial charge in [0.2, 0.25) is 0 Å². The Kier molecular flexibility index (Phi) is 8.02. The van der Waals surface area contributed by atoms with Crippen molar-refractivity contribution in [3.05, 3.63) is 131 Å². The third kappa shape index (κ3) is 7.20. The van der Waals surface area contributed by atoms with E-state index in [-0.39, 0.29) is 5.91 Å². The summed E-state index contributed by atoms with van der Waals surface area (Å²) < 4.78 is 43.7. The number of anilines is 1. The summed E-state index contributed by atoms with van der Waals surface area (Å²) in [5.41, 5.74) is 3.20. The van der Waals surface area contributed by atoms with Crippen LogP contribution in [0.25, 0.3) is 0 Å². The molecule has 0 atom stereocenters. The molecule has 183 valence electrons. The maximum absolute atomic E-state index is 12.6. The van der Waals surface area contributed by atoms with Crippen molar-refractivity contribution in [1.29, 1.82) is 0 Å². The molecule has 1 radical (unpaired) electrons. The molecule has 0 fully saturated rings. The van der Waals surface area contributed by atoms with E-state index in [1.165, 1.54) is 12.1 Å². The van der Waals surface area contributed by atoms with Crippen molar-refractivity contribution in [1.82, 2.24) is 5.32 Å². The number of ether oxygens (including phenoxy) is 1. The Bertz CT molecular complexity index is 1260. The number of hydrogen-bond donors (Lipinski definition) is 1. The number of rotatable bonds is 9. The lowest BCUT2D eigenvalue weighted by Gasteiger charge is -2.09. The van der Waals surface area contributed by atoms with Crippen LogP contribution < -0.4 is 15.4 Å². The highest BCUT2D eigenvalue weighted by Gasteiger charge is 2.29. The standard InChI is InChI=1S/C29H24F3N2O2/c30-29(31,32)25-12-6-21(7-13-25)18-33-19-22-8-14-26(15-9-22)34-28(35)24-10-16-27(17-11-24)36-20-23-4-2-1-3-5-23/h1-17H,18-20H2,(H,34,35). The number of benzene rings is 4. The fourth-order valence-corrected chi connectivity index (χ4v) is 3.45. The van der Waals surface area contributed by atoms with Crippen molar-refractivity contribution in [3.63, 3.8) is 0 Å². The van der Waals surface area contributed by atoms with Gasteiger partial charge in [-0.15, -0.1) is 0 Å². The van der Waals surface area contributed by atoms with E-state index in [2.05, 4.69) is 10.6 Å². The Morgan fingerprint density at radius 2 is 1.31 bits per heavy atom. The number of amides is 1. The molecular weight excluding hydrogens is 465 g/mol. The normalized spacial score (nSPS) is 11.2. The maximum atomic E-state index is 12.6. The molecule has 7 heteroatoms. The first-order chi connectivity index (χ1) is 17.4. The van der Waals surface area contributed by atoms with Gasteiger partial charge in [-0.25, -0.2) is 5.32 Å². The van der Waals surface area contributed by atoms with E-state index in [0.29, 0.717) is 42.3 Å². The SMILES string of the molecule is O=C(Nc1ccc(C[N]Cc2ccc(C(F)(F)F)cc2)cc1)c1ccc(OCc2ccccc2)cc1. The lowest BCUT2D eigenvalue weighted by atomic mass is 10.1. The fraction of sp³-hybridized carbons (Fsp3) is 0.138. The minimum Gasteiger partial charge on any atom is -0.489 e. The van der Waals surface area contributed by atoms with Crippen LogP contribution in [0.5, 0.6) is 5.75 Å². The summed E-state index contributed by atoms with van der Waals surface area (Å²) in [4.78, 5) is 12.6. The average molecular weight is 490 g/mol. The molecule has 0 saturated carbocycles. The number of nitrogens with one attached hydrogen (secondary N) is 1. The molecule has 0 saturated heterocycles. The first-order valence-corrected chi connectivity index (χ1v) is 11.3. The van der Waals surface area contributed by atoms with Gasteiger partial charge < -0.3 is 10.1 Å². The minimum atomic E-state index is -4.34. The minimum absolute atomic E-state index is 0.232. The number of alkyl halides is 3.